The summed E-state index contributed by atoms with van der Waals surface area (Å²) in [5.41, 5.74) is 0.344. The maximum absolute atomic E-state index is 13.1. The van der Waals surface area contributed by atoms with Crippen LogP contribution in [0.1, 0.15) is 21.4 Å². The van der Waals surface area contributed by atoms with Crippen LogP contribution in [0.2, 0.25) is 5.02 Å². The maximum atomic E-state index is 13.1. The Morgan fingerprint density at radius 3 is 2.33 bits per heavy atom. The van der Waals surface area contributed by atoms with Crippen molar-refractivity contribution in [3.8, 4) is 0 Å². The molecule has 0 spiro atoms. The Kier molecular flexibility index (Phi) is 5.62. The van der Waals surface area contributed by atoms with Gasteiger partial charge in [-0.1, -0.05) is 11.6 Å². The zero-order valence-electron chi connectivity index (χ0n) is 13.9. The van der Waals surface area contributed by atoms with Crippen LogP contribution in [-0.4, -0.2) is 20.9 Å². The van der Waals surface area contributed by atoms with Gasteiger partial charge in [0.2, 0.25) is 0 Å². The molecule has 0 unspecified atom stereocenters. The number of hydrogen-bond donors (Lipinski definition) is 1. The van der Waals surface area contributed by atoms with Crippen LogP contribution in [0.3, 0.4) is 0 Å². The third-order valence-electron chi connectivity index (χ3n) is 3.93. The van der Waals surface area contributed by atoms with Crippen LogP contribution in [0.5, 0.6) is 0 Å². The number of amides is 1. The van der Waals surface area contributed by atoms with Crippen molar-refractivity contribution in [2.75, 3.05) is 6.54 Å². The van der Waals surface area contributed by atoms with E-state index in [1.54, 1.807) is 18.2 Å². The Labute approximate surface area is 160 Å². The topological polar surface area (TPSA) is 76.4 Å². The van der Waals surface area contributed by atoms with E-state index in [2.05, 4.69) is 5.32 Å². The summed E-state index contributed by atoms with van der Waals surface area (Å²) in [7, 11) is -3.92. The van der Waals surface area contributed by atoms with Crippen molar-refractivity contribution in [3.05, 3.63) is 89.1 Å². The van der Waals surface area contributed by atoms with Crippen molar-refractivity contribution in [3.63, 3.8) is 0 Å². The second-order valence-corrected chi connectivity index (χ2v) is 8.29. The first-order valence-corrected chi connectivity index (χ1v) is 9.87. The number of rotatable bonds is 6. The third-order valence-corrected chi connectivity index (χ3v) is 6.26. The molecule has 1 aromatic heterocycles. The summed E-state index contributed by atoms with van der Waals surface area (Å²) < 4.78 is 44.4. The van der Waals surface area contributed by atoms with Gasteiger partial charge in [0.15, 0.2) is 9.84 Å². The Morgan fingerprint density at radius 1 is 1.07 bits per heavy atom. The monoisotopic (exact) mass is 407 g/mol. The second-order valence-electron chi connectivity index (χ2n) is 5.72. The van der Waals surface area contributed by atoms with E-state index < -0.39 is 26.8 Å². The summed E-state index contributed by atoms with van der Waals surface area (Å²) in [6.45, 7) is -0.214. The van der Waals surface area contributed by atoms with Gasteiger partial charge >= 0.3 is 0 Å². The molecule has 1 amide bonds. The first-order chi connectivity index (χ1) is 12.9. The van der Waals surface area contributed by atoms with Crippen molar-refractivity contribution in [2.45, 2.75) is 10.1 Å². The molecule has 140 valence electrons. The largest absolute Gasteiger partial charge is 0.468 e. The van der Waals surface area contributed by atoms with Crippen LogP contribution >= 0.6 is 11.6 Å². The number of sulfone groups is 1. The van der Waals surface area contributed by atoms with E-state index in [-0.39, 0.29) is 17.2 Å². The lowest BCUT2D eigenvalue weighted by Gasteiger charge is -2.17. The fourth-order valence-electron chi connectivity index (χ4n) is 2.51. The van der Waals surface area contributed by atoms with Crippen LogP contribution in [0.15, 0.2) is 76.2 Å². The quantitative estimate of drug-likeness (QED) is 0.626. The number of furan rings is 1. The van der Waals surface area contributed by atoms with Gasteiger partial charge in [0.05, 0.1) is 11.2 Å². The standard InChI is InChI=1S/C19H15ClFNO4S/c20-14-5-3-13(4-6-14)19(23)22-12-18(17-2-1-11-26-17)27(24,25)16-9-7-15(21)8-10-16/h1-11,18H,12H2,(H,22,23)/t18-/m1/s1. The normalized spacial score (nSPS) is 12.5. The molecule has 0 saturated heterocycles. The molecule has 1 heterocycles. The number of carbonyl (C=O) groups excluding carboxylic acids is 1. The highest BCUT2D eigenvalue weighted by Gasteiger charge is 2.32. The van der Waals surface area contributed by atoms with E-state index in [4.69, 9.17) is 16.0 Å². The zero-order chi connectivity index (χ0) is 19.4. The van der Waals surface area contributed by atoms with Crippen molar-refractivity contribution < 1.29 is 22.0 Å². The van der Waals surface area contributed by atoms with Gasteiger partial charge in [-0.15, -0.1) is 0 Å². The molecular weight excluding hydrogens is 393 g/mol. The molecule has 0 saturated carbocycles. The molecule has 1 N–H and O–H groups in total. The third kappa shape index (κ3) is 4.37. The molecule has 0 radical (unpaired) electrons. The highest BCUT2D eigenvalue weighted by atomic mass is 35.5. The molecule has 1 atom stereocenters. The van der Waals surface area contributed by atoms with Crippen LogP contribution in [0, 0.1) is 5.82 Å². The van der Waals surface area contributed by atoms with Gasteiger partial charge in [-0.2, -0.15) is 0 Å². The zero-order valence-corrected chi connectivity index (χ0v) is 15.5. The minimum atomic E-state index is -3.92. The molecule has 0 fully saturated rings. The molecule has 3 rings (SSSR count). The lowest BCUT2D eigenvalue weighted by molar-refractivity contribution is 0.0953. The summed E-state index contributed by atoms with van der Waals surface area (Å²) in [6, 6.07) is 13.8. The molecule has 2 aromatic carbocycles. The van der Waals surface area contributed by atoms with Gasteiger partial charge in [-0.3, -0.25) is 4.79 Å². The smallest absolute Gasteiger partial charge is 0.251 e. The van der Waals surface area contributed by atoms with Gasteiger partial charge in [0.1, 0.15) is 16.8 Å². The summed E-state index contributed by atoms with van der Waals surface area (Å²) in [6.07, 6.45) is 1.35. The van der Waals surface area contributed by atoms with Gasteiger partial charge in [0, 0.05) is 17.1 Å². The van der Waals surface area contributed by atoms with Crippen LogP contribution in [-0.2, 0) is 9.84 Å². The highest BCUT2D eigenvalue weighted by Crippen LogP contribution is 2.29. The maximum Gasteiger partial charge on any atom is 0.251 e. The molecule has 27 heavy (non-hydrogen) atoms. The van der Waals surface area contributed by atoms with Crippen LogP contribution < -0.4 is 5.32 Å². The van der Waals surface area contributed by atoms with Crippen molar-refractivity contribution >= 4 is 27.3 Å². The van der Waals surface area contributed by atoms with E-state index in [9.17, 15) is 17.6 Å². The minimum Gasteiger partial charge on any atom is -0.468 e. The van der Waals surface area contributed by atoms with E-state index in [1.807, 2.05) is 0 Å². The van der Waals surface area contributed by atoms with Crippen molar-refractivity contribution in [1.82, 2.24) is 5.32 Å². The van der Waals surface area contributed by atoms with E-state index >= 15 is 0 Å². The number of halogens is 2. The Hall–Kier alpha value is -2.64. The molecule has 0 bridgehead atoms. The fourth-order valence-corrected chi connectivity index (χ4v) is 4.23. The first-order valence-electron chi connectivity index (χ1n) is 7.94. The average molecular weight is 408 g/mol. The van der Waals surface area contributed by atoms with Gasteiger partial charge < -0.3 is 9.73 Å². The SMILES string of the molecule is O=C(NC[C@H](c1ccco1)S(=O)(=O)c1ccc(F)cc1)c1ccc(Cl)cc1. The predicted octanol–water partition coefficient (Wildman–Crippen LogP) is 4.02. The molecule has 0 aliphatic rings. The molecule has 3 aromatic rings. The molecule has 5 nitrogen and oxygen atoms in total. The fraction of sp³-hybridized carbons (Fsp3) is 0.105. The number of nitrogens with one attached hydrogen (secondary N) is 1. The molecular formula is C19H15ClFNO4S. The molecule has 0 aliphatic heterocycles. The van der Waals surface area contributed by atoms with Crippen molar-refractivity contribution in [2.24, 2.45) is 0 Å². The summed E-state index contributed by atoms with van der Waals surface area (Å²) in [5, 5.41) is 1.93. The number of carbonyl (C=O) groups is 1. The predicted molar refractivity (Wildman–Crippen MR) is 98.8 cm³/mol. The first kappa shape index (κ1) is 19.1. The average Bonchev–Trinajstić information content (AvgIpc) is 3.16. The summed E-state index contributed by atoms with van der Waals surface area (Å²) >= 11 is 5.80. The Bertz CT molecular complexity index is 1020. The van der Waals surface area contributed by atoms with Crippen LogP contribution in [0.4, 0.5) is 4.39 Å². The second kappa shape index (κ2) is 7.94. The highest BCUT2D eigenvalue weighted by molar-refractivity contribution is 7.91. The summed E-state index contributed by atoms with van der Waals surface area (Å²) in [4.78, 5) is 12.2. The minimum absolute atomic E-state index is 0.0639. The lowest BCUT2D eigenvalue weighted by atomic mass is 10.2. The van der Waals surface area contributed by atoms with Gasteiger partial charge in [-0.25, -0.2) is 12.8 Å². The van der Waals surface area contributed by atoms with Gasteiger partial charge in [-0.05, 0) is 60.7 Å². The number of hydrogen-bond acceptors (Lipinski definition) is 4. The van der Waals surface area contributed by atoms with Crippen molar-refractivity contribution in [1.29, 1.82) is 0 Å². The lowest BCUT2D eigenvalue weighted by Crippen LogP contribution is -2.31. The van der Waals surface area contributed by atoms with Gasteiger partial charge in [0.25, 0.3) is 5.91 Å². The van der Waals surface area contributed by atoms with E-state index in [0.717, 1.165) is 12.1 Å². The van der Waals surface area contributed by atoms with Crippen LogP contribution in [0.25, 0.3) is 0 Å². The molecule has 8 heteroatoms. The summed E-state index contributed by atoms with van der Waals surface area (Å²) in [5.74, 6) is -0.812. The molecule has 0 aliphatic carbocycles. The Balaban J connectivity index is 1.85. The van der Waals surface area contributed by atoms with E-state index in [0.29, 0.717) is 10.6 Å². The number of benzene rings is 2. The van der Waals surface area contributed by atoms with E-state index in [1.165, 1.54) is 36.6 Å². The Morgan fingerprint density at radius 2 is 1.74 bits per heavy atom.